The van der Waals surface area contributed by atoms with Crippen LogP contribution in [0.5, 0.6) is 5.75 Å². The Kier molecular flexibility index (Phi) is 10.4. The Balaban J connectivity index is 1.40. The molecule has 2 aliphatic rings. The third-order valence-corrected chi connectivity index (χ3v) is 9.90. The first-order valence-corrected chi connectivity index (χ1v) is 17.2. The minimum Gasteiger partial charge on any atom is -0.494 e. The fraction of sp³-hybridized carbons (Fsp3) is 0.333. The van der Waals surface area contributed by atoms with Gasteiger partial charge in [-0.05, 0) is 65.4 Å². The molecule has 6 rings (SSSR count). The maximum absolute atomic E-state index is 14.7. The molecule has 4 aromatic rings. The van der Waals surface area contributed by atoms with Gasteiger partial charge >= 0.3 is 0 Å². The summed E-state index contributed by atoms with van der Waals surface area (Å²) in [4.78, 5) is 19.8. The number of nitrogens with one attached hydrogen (secondary N) is 1. The van der Waals surface area contributed by atoms with Crippen molar-refractivity contribution in [2.24, 2.45) is 4.99 Å². The SMILES string of the molecule is O=C(NCC1(O)CCCCC1)[C@]1(Cc2ccccc2Br)N=C(c2ccc(OCCCO)cc2)O[C@@H]1c1ccc(-c2ccccc2)cc1. The molecular weight excluding hydrogens is 656 g/mol. The summed E-state index contributed by atoms with van der Waals surface area (Å²) in [5.41, 5.74) is 2.32. The number of aliphatic hydroxyl groups is 2. The van der Waals surface area contributed by atoms with Gasteiger partial charge in [-0.2, -0.15) is 0 Å². The molecule has 0 saturated heterocycles. The van der Waals surface area contributed by atoms with Gasteiger partial charge in [0.05, 0.1) is 12.2 Å². The molecular formula is C39H41BrN2O5. The second-order valence-corrected chi connectivity index (χ2v) is 13.4. The molecule has 0 aromatic heterocycles. The largest absolute Gasteiger partial charge is 0.494 e. The van der Waals surface area contributed by atoms with E-state index in [0.717, 1.165) is 51.6 Å². The summed E-state index contributed by atoms with van der Waals surface area (Å²) >= 11 is 3.70. The van der Waals surface area contributed by atoms with Crippen LogP contribution in [0.4, 0.5) is 0 Å². The van der Waals surface area contributed by atoms with Gasteiger partial charge in [0.1, 0.15) is 5.75 Å². The number of aliphatic hydroxyl groups excluding tert-OH is 1. The Morgan fingerprint density at radius 2 is 1.53 bits per heavy atom. The van der Waals surface area contributed by atoms with Crippen molar-refractivity contribution in [3.05, 3.63) is 124 Å². The minimum atomic E-state index is -1.37. The summed E-state index contributed by atoms with van der Waals surface area (Å²) in [5.74, 6) is 0.748. The van der Waals surface area contributed by atoms with E-state index >= 15 is 0 Å². The van der Waals surface area contributed by atoms with Crippen molar-refractivity contribution in [1.82, 2.24) is 5.32 Å². The van der Waals surface area contributed by atoms with Crippen LogP contribution in [0.25, 0.3) is 11.1 Å². The van der Waals surface area contributed by atoms with Gasteiger partial charge in [0.15, 0.2) is 11.6 Å². The molecule has 1 heterocycles. The molecule has 1 saturated carbocycles. The van der Waals surface area contributed by atoms with E-state index in [0.29, 0.717) is 37.5 Å². The van der Waals surface area contributed by atoms with Crippen molar-refractivity contribution in [2.45, 2.75) is 62.2 Å². The highest BCUT2D eigenvalue weighted by atomic mass is 79.9. The average Bonchev–Trinajstić information content (AvgIpc) is 3.50. The van der Waals surface area contributed by atoms with E-state index in [1.165, 1.54) is 0 Å². The highest BCUT2D eigenvalue weighted by Gasteiger charge is 2.54. The quantitative estimate of drug-likeness (QED) is 0.136. The van der Waals surface area contributed by atoms with Gasteiger partial charge in [-0.15, -0.1) is 0 Å². The van der Waals surface area contributed by atoms with Crippen LogP contribution in [0.15, 0.2) is 113 Å². The van der Waals surface area contributed by atoms with Crippen LogP contribution >= 0.6 is 15.9 Å². The summed E-state index contributed by atoms with van der Waals surface area (Å²) in [6.07, 6.45) is 4.37. The van der Waals surface area contributed by atoms with E-state index in [9.17, 15) is 9.90 Å². The number of nitrogens with zero attached hydrogens (tertiary/aromatic N) is 1. The van der Waals surface area contributed by atoms with Gasteiger partial charge in [0.25, 0.3) is 5.91 Å². The second kappa shape index (κ2) is 14.8. The molecule has 1 fully saturated rings. The van der Waals surface area contributed by atoms with Crippen molar-refractivity contribution in [2.75, 3.05) is 19.8 Å². The van der Waals surface area contributed by atoms with E-state index in [4.69, 9.17) is 19.6 Å². The van der Waals surface area contributed by atoms with Crippen LogP contribution in [0.1, 0.15) is 61.3 Å². The fourth-order valence-electron chi connectivity index (χ4n) is 6.48. The Hall–Kier alpha value is -3.98. The molecule has 1 aliphatic carbocycles. The first-order chi connectivity index (χ1) is 22.9. The average molecular weight is 698 g/mol. The zero-order chi connectivity index (χ0) is 32.7. The van der Waals surface area contributed by atoms with Gasteiger partial charge < -0.3 is 25.0 Å². The van der Waals surface area contributed by atoms with Gasteiger partial charge in [0, 0.05) is 36.0 Å². The van der Waals surface area contributed by atoms with E-state index < -0.39 is 17.2 Å². The van der Waals surface area contributed by atoms with Gasteiger partial charge in [-0.3, -0.25) is 4.79 Å². The lowest BCUT2D eigenvalue weighted by atomic mass is 9.80. The minimum absolute atomic E-state index is 0.0650. The van der Waals surface area contributed by atoms with Crippen molar-refractivity contribution in [3.63, 3.8) is 0 Å². The number of hydrogen-bond donors (Lipinski definition) is 3. The molecule has 8 heteroatoms. The van der Waals surface area contributed by atoms with Crippen LogP contribution in [-0.4, -0.2) is 52.9 Å². The maximum Gasteiger partial charge on any atom is 0.252 e. The predicted molar refractivity (Wildman–Crippen MR) is 188 cm³/mol. The van der Waals surface area contributed by atoms with Crippen LogP contribution in [-0.2, 0) is 16.0 Å². The van der Waals surface area contributed by atoms with Gasteiger partial charge in [-0.25, -0.2) is 4.99 Å². The number of halogens is 1. The van der Waals surface area contributed by atoms with E-state index in [-0.39, 0.29) is 25.5 Å². The normalized spacial score (nSPS) is 20.2. The Morgan fingerprint density at radius 3 is 2.23 bits per heavy atom. The lowest BCUT2D eigenvalue weighted by Crippen LogP contribution is -2.54. The maximum atomic E-state index is 14.7. The van der Waals surface area contributed by atoms with Crippen LogP contribution < -0.4 is 10.1 Å². The van der Waals surface area contributed by atoms with Gasteiger partial charge in [-0.1, -0.05) is 108 Å². The van der Waals surface area contributed by atoms with Crippen molar-refractivity contribution >= 4 is 27.7 Å². The highest BCUT2D eigenvalue weighted by molar-refractivity contribution is 9.10. The number of ether oxygens (including phenoxy) is 2. The lowest BCUT2D eigenvalue weighted by molar-refractivity contribution is -0.130. The number of rotatable bonds is 12. The zero-order valence-electron chi connectivity index (χ0n) is 26.4. The molecule has 244 valence electrons. The zero-order valence-corrected chi connectivity index (χ0v) is 28.0. The monoisotopic (exact) mass is 696 g/mol. The van der Waals surface area contributed by atoms with E-state index in [2.05, 4.69) is 45.5 Å². The molecule has 0 unspecified atom stereocenters. The van der Waals surface area contributed by atoms with Crippen LogP contribution in [0.2, 0.25) is 0 Å². The number of carbonyl (C=O) groups is 1. The molecule has 4 aromatic carbocycles. The number of aliphatic imine (C=N–C) groups is 1. The molecule has 7 nitrogen and oxygen atoms in total. The van der Waals surface area contributed by atoms with Crippen molar-refractivity contribution in [1.29, 1.82) is 0 Å². The van der Waals surface area contributed by atoms with Crippen LogP contribution in [0, 0.1) is 0 Å². The third kappa shape index (κ3) is 7.61. The van der Waals surface area contributed by atoms with Crippen molar-refractivity contribution in [3.8, 4) is 16.9 Å². The Labute approximate surface area is 284 Å². The number of benzene rings is 4. The molecule has 47 heavy (non-hydrogen) atoms. The standard InChI is InChI=1S/C39H41BrN2O5/c40-34-13-6-5-12-32(34)26-39(37(44)41-27-38(45)22-7-2-8-23-38)35(30-16-14-29(15-17-30)28-10-3-1-4-11-28)47-36(42-39)31-18-20-33(21-19-31)46-25-9-24-43/h1,3-6,10-21,35,43,45H,2,7-9,22-27H2,(H,41,44)/t35-,39-/m1/s1. The molecule has 1 aliphatic heterocycles. The molecule has 0 radical (unpaired) electrons. The number of hydrogen-bond acceptors (Lipinski definition) is 6. The molecule has 3 N–H and O–H groups in total. The number of amides is 1. The first-order valence-electron chi connectivity index (χ1n) is 16.4. The van der Waals surface area contributed by atoms with Crippen LogP contribution in [0.3, 0.4) is 0 Å². The molecule has 2 atom stereocenters. The summed E-state index contributed by atoms with van der Waals surface area (Å²) < 4.78 is 13.3. The summed E-state index contributed by atoms with van der Waals surface area (Å²) in [7, 11) is 0. The Morgan fingerprint density at radius 1 is 0.872 bits per heavy atom. The molecule has 1 amide bonds. The Bertz CT molecular complexity index is 1670. The summed E-state index contributed by atoms with van der Waals surface area (Å²) in [5, 5.41) is 23.6. The van der Waals surface area contributed by atoms with E-state index in [1.807, 2.05) is 78.9 Å². The summed E-state index contributed by atoms with van der Waals surface area (Å²) in [6, 6.07) is 33.6. The highest BCUT2D eigenvalue weighted by Crippen LogP contribution is 2.44. The molecule has 0 spiro atoms. The number of carbonyl (C=O) groups excluding carboxylic acids is 1. The fourth-order valence-corrected chi connectivity index (χ4v) is 6.90. The smallest absolute Gasteiger partial charge is 0.252 e. The first kappa shape index (κ1) is 32.9. The van der Waals surface area contributed by atoms with E-state index in [1.54, 1.807) is 0 Å². The predicted octanol–water partition coefficient (Wildman–Crippen LogP) is 7.19. The second-order valence-electron chi connectivity index (χ2n) is 12.5. The van der Waals surface area contributed by atoms with Crippen molar-refractivity contribution < 1.29 is 24.5 Å². The van der Waals surface area contributed by atoms with Gasteiger partial charge in [0.2, 0.25) is 5.90 Å². The molecule has 0 bridgehead atoms. The lowest BCUT2D eigenvalue weighted by Gasteiger charge is -2.35. The topological polar surface area (TPSA) is 100 Å². The summed E-state index contributed by atoms with van der Waals surface area (Å²) in [6.45, 7) is 0.638. The third-order valence-electron chi connectivity index (χ3n) is 9.13.